The zero-order valence-corrected chi connectivity index (χ0v) is 18.0. The van der Waals surface area contributed by atoms with Gasteiger partial charge in [0.15, 0.2) is 5.78 Å². The van der Waals surface area contributed by atoms with Gasteiger partial charge in [0, 0.05) is 56.7 Å². The molecule has 4 heterocycles. The second kappa shape index (κ2) is 8.74. The maximum atomic E-state index is 12.9. The maximum absolute atomic E-state index is 12.9. The average Bonchev–Trinajstić information content (AvgIpc) is 2.78. The standard InChI is InChI=1S/C23H26N4O5/c1-30-21-6-8-24-22(25-21)32-19-4-2-15(3-5-19)17-12-27(13-17)23(29)26-9-7-20-16(11-26)10-18(28)14-31-20/h2-6,8,16-17,20H,7,9-14H2,1H3/t16-,20+/m1/s1. The summed E-state index contributed by atoms with van der Waals surface area (Å²) in [5.74, 6) is 1.65. The van der Waals surface area contributed by atoms with Gasteiger partial charge in [-0.3, -0.25) is 4.79 Å². The Bertz CT molecular complexity index is 992. The largest absolute Gasteiger partial charge is 0.481 e. The number of benzene rings is 1. The fraction of sp³-hybridized carbons (Fsp3) is 0.478. The van der Waals surface area contributed by atoms with Crippen LogP contribution >= 0.6 is 0 Å². The summed E-state index contributed by atoms with van der Waals surface area (Å²) in [5.41, 5.74) is 1.16. The van der Waals surface area contributed by atoms with Gasteiger partial charge < -0.3 is 24.0 Å². The Hall–Kier alpha value is -3.20. The smallest absolute Gasteiger partial charge is 0.325 e. The van der Waals surface area contributed by atoms with Crippen LogP contribution in [-0.2, 0) is 9.53 Å². The fourth-order valence-corrected chi connectivity index (χ4v) is 4.60. The predicted molar refractivity (Wildman–Crippen MR) is 114 cm³/mol. The van der Waals surface area contributed by atoms with E-state index in [9.17, 15) is 9.59 Å². The van der Waals surface area contributed by atoms with E-state index in [0.29, 0.717) is 50.1 Å². The molecule has 0 N–H and O–H groups in total. The van der Waals surface area contributed by atoms with Crippen LogP contribution in [0.15, 0.2) is 36.5 Å². The lowest BCUT2D eigenvalue weighted by atomic mass is 9.87. The number of urea groups is 1. The summed E-state index contributed by atoms with van der Waals surface area (Å²) in [5, 5.41) is 0. The quantitative estimate of drug-likeness (QED) is 0.724. The van der Waals surface area contributed by atoms with Crippen LogP contribution in [0.5, 0.6) is 17.6 Å². The fourth-order valence-electron chi connectivity index (χ4n) is 4.60. The molecular weight excluding hydrogens is 412 g/mol. The van der Waals surface area contributed by atoms with Crippen molar-refractivity contribution in [2.75, 3.05) is 39.9 Å². The monoisotopic (exact) mass is 438 g/mol. The highest BCUT2D eigenvalue weighted by Gasteiger charge is 2.40. The lowest BCUT2D eigenvalue weighted by Gasteiger charge is -2.46. The van der Waals surface area contributed by atoms with Crippen LogP contribution in [0.4, 0.5) is 4.79 Å². The Labute approximate surface area is 186 Å². The van der Waals surface area contributed by atoms with E-state index in [0.717, 1.165) is 12.0 Å². The van der Waals surface area contributed by atoms with Crippen molar-refractivity contribution in [3.63, 3.8) is 0 Å². The molecule has 2 atom stereocenters. The number of ketones is 1. The Balaban J connectivity index is 1.13. The molecule has 3 aliphatic heterocycles. The Morgan fingerprint density at radius 3 is 2.72 bits per heavy atom. The van der Waals surface area contributed by atoms with E-state index in [4.69, 9.17) is 14.2 Å². The van der Waals surface area contributed by atoms with E-state index in [1.807, 2.05) is 34.1 Å². The van der Waals surface area contributed by atoms with E-state index in [2.05, 4.69) is 9.97 Å². The van der Waals surface area contributed by atoms with E-state index < -0.39 is 0 Å². The van der Waals surface area contributed by atoms with Crippen LogP contribution < -0.4 is 9.47 Å². The van der Waals surface area contributed by atoms with Crippen LogP contribution in [-0.4, -0.2) is 77.6 Å². The van der Waals surface area contributed by atoms with Gasteiger partial charge in [0.2, 0.25) is 5.88 Å². The van der Waals surface area contributed by atoms with Crippen molar-refractivity contribution in [1.82, 2.24) is 19.8 Å². The van der Waals surface area contributed by atoms with Gasteiger partial charge in [0.1, 0.15) is 12.4 Å². The van der Waals surface area contributed by atoms with Crippen molar-refractivity contribution in [1.29, 1.82) is 0 Å². The molecule has 9 nitrogen and oxygen atoms in total. The van der Waals surface area contributed by atoms with Gasteiger partial charge in [-0.15, -0.1) is 0 Å². The first-order valence-electron chi connectivity index (χ1n) is 10.9. The number of carbonyl (C=O) groups is 2. The second-order valence-electron chi connectivity index (χ2n) is 8.52. The highest BCUT2D eigenvalue weighted by atomic mass is 16.5. The molecule has 32 heavy (non-hydrogen) atoms. The van der Waals surface area contributed by atoms with Gasteiger partial charge in [0.25, 0.3) is 0 Å². The lowest BCUT2D eigenvalue weighted by molar-refractivity contribution is -0.140. The summed E-state index contributed by atoms with van der Waals surface area (Å²) in [6.45, 7) is 2.90. The van der Waals surface area contributed by atoms with Crippen molar-refractivity contribution >= 4 is 11.8 Å². The van der Waals surface area contributed by atoms with Gasteiger partial charge in [-0.2, -0.15) is 4.98 Å². The molecule has 0 unspecified atom stereocenters. The zero-order chi connectivity index (χ0) is 22.1. The van der Waals surface area contributed by atoms with Crippen molar-refractivity contribution in [3.8, 4) is 17.6 Å². The minimum Gasteiger partial charge on any atom is -0.481 e. The molecule has 0 saturated carbocycles. The first-order valence-corrected chi connectivity index (χ1v) is 10.9. The topological polar surface area (TPSA) is 94.1 Å². The molecule has 9 heteroatoms. The molecule has 2 aromatic rings. The molecule has 1 aromatic carbocycles. The number of fused-ring (bicyclic) bond motifs is 1. The third-order valence-electron chi connectivity index (χ3n) is 6.41. The Morgan fingerprint density at radius 2 is 1.94 bits per heavy atom. The summed E-state index contributed by atoms with van der Waals surface area (Å²) in [7, 11) is 1.54. The summed E-state index contributed by atoms with van der Waals surface area (Å²) in [6.07, 6.45) is 3.02. The minimum atomic E-state index is 0.0628. The molecule has 1 aromatic heterocycles. The minimum absolute atomic E-state index is 0.0628. The summed E-state index contributed by atoms with van der Waals surface area (Å²) < 4.78 is 16.4. The van der Waals surface area contributed by atoms with Crippen molar-refractivity contribution in [2.24, 2.45) is 5.92 Å². The second-order valence-corrected chi connectivity index (χ2v) is 8.52. The number of piperidine rings is 1. The molecule has 0 radical (unpaired) electrons. The number of hydrogen-bond acceptors (Lipinski definition) is 7. The van der Waals surface area contributed by atoms with Crippen LogP contribution in [0.25, 0.3) is 0 Å². The third-order valence-corrected chi connectivity index (χ3v) is 6.41. The molecule has 168 valence electrons. The first kappa shape index (κ1) is 20.7. The average molecular weight is 438 g/mol. The van der Waals surface area contributed by atoms with Crippen LogP contribution in [0.2, 0.25) is 0 Å². The predicted octanol–water partition coefficient (Wildman–Crippen LogP) is 2.48. The normalized spacial score (nSPS) is 23.3. The zero-order valence-electron chi connectivity index (χ0n) is 18.0. The summed E-state index contributed by atoms with van der Waals surface area (Å²) >= 11 is 0. The van der Waals surface area contributed by atoms with Crippen molar-refractivity contribution < 1.29 is 23.8 Å². The Morgan fingerprint density at radius 1 is 1.12 bits per heavy atom. The van der Waals surface area contributed by atoms with Gasteiger partial charge >= 0.3 is 12.0 Å². The number of rotatable bonds is 4. The Kier molecular flexibility index (Phi) is 5.65. The summed E-state index contributed by atoms with van der Waals surface area (Å²) in [4.78, 5) is 36.6. The number of amides is 2. The number of methoxy groups -OCH3 is 1. The molecule has 3 saturated heterocycles. The number of ether oxygens (including phenoxy) is 3. The van der Waals surface area contributed by atoms with Gasteiger partial charge in [0.05, 0.1) is 13.2 Å². The van der Waals surface area contributed by atoms with Gasteiger partial charge in [-0.05, 0) is 24.1 Å². The van der Waals surface area contributed by atoms with Gasteiger partial charge in [-0.1, -0.05) is 12.1 Å². The number of carbonyl (C=O) groups excluding carboxylic acids is 2. The van der Waals surface area contributed by atoms with Crippen LogP contribution in [0.3, 0.4) is 0 Å². The highest BCUT2D eigenvalue weighted by Crippen LogP contribution is 2.32. The molecule has 0 aliphatic carbocycles. The van der Waals surface area contributed by atoms with E-state index in [1.165, 1.54) is 0 Å². The molecule has 0 bridgehead atoms. The number of aromatic nitrogens is 2. The third kappa shape index (κ3) is 4.25. The van der Waals surface area contributed by atoms with E-state index in [-0.39, 0.29) is 36.5 Å². The van der Waals surface area contributed by atoms with E-state index in [1.54, 1.807) is 19.4 Å². The molecule has 2 amide bonds. The molecular formula is C23H26N4O5. The van der Waals surface area contributed by atoms with E-state index >= 15 is 0 Å². The summed E-state index contributed by atoms with van der Waals surface area (Å²) in [6, 6.07) is 9.74. The maximum Gasteiger partial charge on any atom is 0.325 e. The lowest BCUT2D eigenvalue weighted by Crippen LogP contribution is -2.58. The van der Waals surface area contributed by atoms with Crippen molar-refractivity contribution in [2.45, 2.75) is 24.9 Å². The van der Waals surface area contributed by atoms with Crippen molar-refractivity contribution in [3.05, 3.63) is 42.1 Å². The van der Waals surface area contributed by atoms with Crippen LogP contribution in [0.1, 0.15) is 24.3 Å². The molecule has 0 spiro atoms. The molecule has 3 aliphatic rings. The van der Waals surface area contributed by atoms with Gasteiger partial charge in [-0.25, -0.2) is 9.78 Å². The molecule has 3 fully saturated rings. The highest BCUT2D eigenvalue weighted by molar-refractivity contribution is 5.81. The molecule has 5 rings (SSSR count). The van der Waals surface area contributed by atoms with Crippen LogP contribution in [0, 0.1) is 5.92 Å². The number of nitrogens with zero attached hydrogens (tertiary/aromatic N) is 4. The SMILES string of the molecule is COc1ccnc(Oc2ccc(C3CN(C(=O)N4CC[C@@H]5OCC(=O)C[C@@H]5C4)C3)cc2)n1. The first-order chi connectivity index (χ1) is 15.6. The number of Topliss-reactive ketones (excluding diaryl/α,β-unsaturated/α-hetero) is 1. The number of hydrogen-bond donors (Lipinski definition) is 0. The number of likely N-dealkylation sites (tertiary alicyclic amines) is 2.